The van der Waals surface area contributed by atoms with Crippen molar-refractivity contribution in [2.45, 2.75) is 50.5 Å². The second-order valence-corrected chi connectivity index (χ2v) is 8.25. The SMILES string of the molecule is Cc1cc(OC(=O)c2ccccc2)ccc1C(CN(C)C)C1(O)CCCCC1.Cl. The van der Waals surface area contributed by atoms with Crippen LogP contribution >= 0.6 is 12.4 Å². The monoisotopic (exact) mass is 417 g/mol. The highest BCUT2D eigenvalue weighted by Crippen LogP contribution is 2.41. The molecule has 0 radical (unpaired) electrons. The second-order valence-electron chi connectivity index (χ2n) is 8.25. The molecule has 0 spiro atoms. The summed E-state index contributed by atoms with van der Waals surface area (Å²) in [4.78, 5) is 14.5. The lowest BCUT2D eigenvalue weighted by atomic mass is 9.71. The number of benzene rings is 2. The van der Waals surface area contributed by atoms with Crippen molar-refractivity contribution in [1.82, 2.24) is 4.90 Å². The summed E-state index contributed by atoms with van der Waals surface area (Å²) in [5, 5.41) is 11.4. The Balaban J connectivity index is 0.00000300. The molecule has 0 amide bonds. The standard InChI is InChI=1S/C24H31NO3.ClH/c1-18-16-20(28-23(26)19-10-6-4-7-11-19)12-13-21(18)22(17-25(2)3)24(27)14-8-5-9-15-24;/h4,6-7,10-13,16,22,27H,5,8-9,14-15,17H2,1-3H3;1H. The Morgan fingerprint density at radius 2 is 1.76 bits per heavy atom. The van der Waals surface area contributed by atoms with Crippen LogP contribution in [0.3, 0.4) is 0 Å². The first-order valence-corrected chi connectivity index (χ1v) is 10.1. The third kappa shape index (κ3) is 5.81. The molecule has 0 bridgehead atoms. The van der Waals surface area contributed by atoms with Gasteiger partial charge in [0.1, 0.15) is 5.75 Å². The molecule has 0 saturated heterocycles. The fraction of sp³-hybridized carbons (Fsp3) is 0.458. The largest absolute Gasteiger partial charge is 0.423 e. The normalized spacial score (nSPS) is 16.7. The molecule has 1 atom stereocenters. The van der Waals surface area contributed by atoms with E-state index in [0.29, 0.717) is 11.3 Å². The number of ether oxygens (including phenoxy) is 1. The van der Waals surface area contributed by atoms with Crippen molar-refractivity contribution in [3.8, 4) is 5.75 Å². The van der Waals surface area contributed by atoms with Gasteiger partial charge in [-0.2, -0.15) is 0 Å². The molecular formula is C24H32ClNO3. The zero-order valence-electron chi connectivity index (χ0n) is 17.6. The lowest BCUT2D eigenvalue weighted by Crippen LogP contribution is -2.43. The minimum absolute atomic E-state index is 0. The fourth-order valence-corrected chi connectivity index (χ4v) is 4.28. The molecule has 2 aromatic rings. The van der Waals surface area contributed by atoms with Crippen LogP contribution in [0.25, 0.3) is 0 Å². The van der Waals surface area contributed by atoms with Gasteiger partial charge in [0.2, 0.25) is 0 Å². The summed E-state index contributed by atoms with van der Waals surface area (Å²) >= 11 is 0. The molecule has 2 aromatic carbocycles. The van der Waals surface area contributed by atoms with Crippen LogP contribution in [0.2, 0.25) is 0 Å². The van der Waals surface area contributed by atoms with E-state index in [1.54, 1.807) is 12.1 Å². The number of hydrogen-bond donors (Lipinski definition) is 1. The Labute approximate surface area is 180 Å². The second kappa shape index (κ2) is 10.2. The van der Waals surface area contributed by atoms with Gasteiger partial charge in [-0.3, -0.25) is 0 Å². The average Bonchev–Trinajstić information content (AvgIpc) is 2.68. The van der Waals surface area contributed by atoms with Crippen LogP contribution in [-0.4, -0.2) is 42.2 Å². The van der Waals surface area contributed by atoms with Crippen molar-refractivity contribution >= 4 is 18.4 Å². The van der Waals surface area contributed by atoms with E-state index in [-0.39, 0.29) is 24.3 Å². The van der Waals surface area contributed by atoms with Crippen molar-refractivity contribution in [1.29, 1.82) is 0 Å². The maximum Gasteiger partial charge on any atom is 0.343 e. The van der Waals surface area contributed by atoms with E-state index in [2.05, 4.69) is 4.90 Å². The Morgan fingerprint density at radius 3 is 2.34 bits per heavy atom. The molecular weight excluding hydrogens is 386 g/mol. The van der Waals surface area contributed by atoms with Crippen LogP contribution in [0.4, 0.5) is 0 Å². The zero-order valence-corrected chi connectivity index (χ0v) is 18.4. The van der Waals surface area contributed by atoms with Crippen LogP contribution in [-0.2, 0) is 0 Å². The molecule has 4 nitrogen and oxygen atoms in total. The van der Waals surface area contributed by atoms with Crippen molar-refractivity contribution in [3.05, 3.63) is 65.2 Å². The molecule has 5 heteroatoms. The number of carbonyl (C=O) groups is 1. The van der Waals surface area contributed by atoms with Crippen LogP contribution < -0.4 is 4.74 Å². The van der Waals surface area contributed by atoms with Gasteiger partial charge in [-0.25, -0.2) is 4.79 Å². The van der Waals surface area contributed by atoms with E-state index in [4.69, 9.17) is 4.74 Å². The molecule has 1 aliphatic carbocycles. The van der Waals surface area contributed by atoms with Gasteiger partial charge in [0.25, 0.3) is 0 Å². The summed E-state index contributed by atoms with van der Waals surface area (Å²) < 4.78 is 5.56. The van der Waals surface area contributed by atoms with E-state index < -0.39 is 5.60 Å². The third-order valence-corrected chi connectivity index (χ3v) is 5.75. The van der Waals surface area contributed by atoms with Crippen LogP contribution in [0.15, 0.2) is 48.5 Å². The highest BCUT2D eigenvalue weighted by atomic mass is 35.5. The topological polar surface area (TPSA) is 49.8 Å². The lowest BCUT2D eigenvalue weighted by Gasteiger charge is -2.41. The Hall–Kier alpha value is -1.88. The van der Waals surface area contributed by atoms with Crippen molar-refractivity contribution in [2.24, 2.45) is 0 Å². The number of aliphatic hydroxyl groups is 1. The number of likely N-dealkylation sites (N-methyl/N-ethyl adjacent to an activating group) is 1. The quantitative estimate of drug-likeness (QED) is 0.532. The predicted octanol–water partition coefficient (Wildman–Crippen LogP) is 4.98. The number of aryl methyl sites for hydroxylation is 1. The van der Waals surface area contributed by atoms with E-state index in [9.17, 15) is 9.90 Å². The lowest BCUT2D eigenvalue weighted by molar-refractivity contribution is -0.0279. The Morgan fingerprint density at radius 1 is 1.10 bits per heavy atom. The minimum atomic E-state index is -0.671. The Bertz CT molecular complexity index is 801. The molecule has 1 aliphatic rings. The molecule has 29 heavy (non-hydrogen) atoms. The highest BCUT2D eigenvalue weighted by molar-refractivity contribution is 5.91. The van der Waals surface area contributed by atoms with E-state index in [0.717, 1.165) is 43.4 Å². The summed E-state index contributed by atoms with van der Waals surface area (Å²) in [7, 11) is 4.09. The number of esters is 1. The molecule has 1 saturated carbocycles. The number of rotatable bonds is 6. The molecule has 0 heterocycles. The molecule has 1 fully saturated rings. The molecule has 0 aromatic heterocycles. The van der Waals surface area contributed by atoms with Crippen LogP contribution in [0.5, 0.6) is 5.75 Å². The molecule has 3 rings (SSSR count). The molecule has 1 unspecified atom stereocenters. The average molecular weight is 418 g/mol. The van der Waals surface area contributed by atoms with Gasteiger partial charge in [-0.05, 0) is 69.3 Å². The maximum atomic E-state index is 12.3. The van der Waals surface area contributed by atoms with Crippen LogP contribution in [0.1, 0.15) is 59.5 Å². The first-order valence-electron chi connectivity index (χ1n) is 10.1. The number of hydrogen-bond acceptors (Lipinski definition) is 4. The Kier molecular flexibility index (Phi) is 8.26. The summed E-state index contributed by atoms with van der Waals surface area (Å²) in [6.07, 6.45) is 5.04. The van der Waals surface area contributed by atoms with Gasteiger partial charge in [0.15, 0.2) is 0 Å². The van der Waals surface area contributed by atoms with Gasteiger partial charge in [0.05, 0.1) is 11.2 Å². The summed E-state index contributed by atoms with van der Waals surface area (Å²) in [5.41, 5.74) is 2.04. The van der Waals surface area contributed by atoms with Crippen molar-refractivity contribution < 1.29 is 14.6 Å². The van der Waals surface area contributed by atoms with Crippen molar-refractivity contribution in [2.75, 3.05) is 20.6 Å². The van der Waals surface area contributed by atoms with E-state index in [1.165, 1.54) is 6.42 Å². The molecule has 0 aliphatic heterocycles. The zero-order chi connectivity index (χ0) is 20.1. The smallest absolute Gasteiger partial charge is 0.343 e. The van der Waals surface area contributed by atoms with E-state index in [1.807, 2.05) is 57.4 Å². The van der Waals surface area contributed by atoms with Gasteiger partial charge >= 0.3 is 5.97 Å². The van der Waals surface area contributed by atoms with Gasteiger partial charge < -0.3 is 14.7 Å². The summed E-state index contributed by atoms with van der Waals surface area (Å²) in [5.74, 6) is 0.222. The third-order valence-electron chi connectivity index (χ3n) is 5.75. The fourth-order valence-electron chi connectivity index (χ4n) is 4.28. The first kappa shape index (κ1) is 23.4. The van der Waals surface area contributed by atoms with Crippen LogP contribution in [0, 0.1) is 6.92 Å². The number of nitrogens with zero attached hydrogens (tertiary/aromatic N) is 1. The highest BCUT2D eigenvalue weighted by Gasteiger charge is 2.39. The predicted molar refractivity (Wildman–Crippen MR) is 119 cm³/mol. The number of carbonyl (C=O) groups excluding carboxylic acids is 1. The molecule has 158 valence electrons. The first-order chi connectivity index (χ1) is 13.4. The molecule has 1 N–H and O–H groups in total. The van der Waals surface area contributed by atoms with Gasteiger partial charge in [0, 0.05) is 12.5 Å². The summed E-state index contributed by atoms with van der Waals surface area (Å²) in [6, 6.07) is 14.8. The van der Waals surface area contributed by atoms with Crippen molar-refractivity contribution in [3.63, 3.8) is 0 Å². The van der Waals surface area contributed by atoms with Gasteiger partial charge in [-0.1, -0.05) is 43.5 Å². The summed E-state index contributed by atoms with van der Waals surface area (Å²) in [6.45, 7) is 2.82. The number of halogens is 1. The van der Waals surface area contributed by atoms with E-state index >= 15 is 0 Å². The minimum Gasteiger partial charge on any atom is -0.423 e. The van der Waals surface area contributed by atoms with Gasteiger partial charge in [-0.15, -0.1) is 12.4 Å². The maximum absolute atomic E-state index is 12.3.